The van der Waals surface area contributed by atoms with Gasteiger partial charge in [0, 0.05) is 25.5 Å². The smallest absolute Gasteiger partial charge is 0.355 e. The van der Waals surface area contributed by atoms with Crippen molar-refractivity contribution in [2.45, 2.75) is 51.9 Å². The van der Waals surface area contributed by atoms with Gasteiger partial charge >= 0.3 is 6.18 Å². The summed E-state index contributed by atoms with van der Waals surface area (Å²) in [6.07, 6.45) is 0.909. The van der Waals surface area contributed by atoms with Gasteiger partial charge in [0.2, 0.25) is 0 Å². The molecule has 1 amide bonds. The lowest BCUT2D eigenvalue weighted by molar-refractivity contribution is -0.137. The van der Waals surface area contributed by atoms with Gasteiger partial charge < -0.3 is 9.80 Å². The van der Waals surface area contributed by atoms with Gasteiger partial charge in [-0.1, -0.05) is 13.8 Å². The number of carbonyl (C=O) groups is 1. The van der Waals surface area contributed by atoms with E-state index in [0.717, 1.165) is 18.7 Å². The molecule has 35 heavy (non-hydrogen) atoms. The lowest BCUT2D eigenvalue weighted by Crippen LogP contribution is -2.50. The van der Waals surface area contributed by atoms with Crippen LogP contribution < -0.4 is 4.90 Å². The summed E-state index contributed by atoms with van der Waals surface area (Å²) < 4.78 is 39.0. The average molecular weight is 488 g/mol. The van der Waals surface area contributed by atoms with Gasteiger partial charge in [-0.3, -0.25) is 4.79 Å². The molecule has 0 aliphatic carbocycles. The van der Waals surface area contributed by atoms with Crippen LogP contribution in [-0.4, -0.2) is 61.4 Å². The highest BCUT2D eigenvalue weighted by Gasteiger charge is 2.41. The van der Waals surface area contributed by atoms with E-state index in [1.54, 1.807) is 19.2 Å². The van der Waals surface area contributed by atoms with Crippen LogP contribution in [0.15, 0.2) is 42.9 Å². The van der Waals surface area contributed by atoms with Crippen molar-refractivity contribution in [1.82, 2.24) is 29.9 Å². The molecular weight excluding hydrogens is 459 g/mol. The van der Waals surface area contributed by atoms with Crippen LogP contribution >= 0.6 is 0 Å². The van der Waals surface area contributed by atoms with Crippen molar-refractivity contribution in [3.05, 3.63) is 59.8 Å². The Morgan fingerprint density at radius 1 is 1.20 bits per heavy atom. The molecule has 0 aromatic carbocycles. The number of hydrogen-bond acceptors (Lipinski definition) is 6. The Hall–Kier alpha value is -3.50. The van der Waals surface area contributed by atoms with Crippen LogP contribution in [0.4, 0.5) is 19.0 Å². The molecule has 0 saturated carbocycles. The summed E-state index contributed by atoms with van der Waals surface area (Å²) in [5, 5.41) is 8.32. The molecule has 4 rings (SSSR count). The molecule has 0 radical (unpaired) electrons. The number of anilines is 1. The Morgan fingerprint density at radius 3 is 2.51 bits per heavy atom. The minimum atomic E-state index is -4.44. The van der Waals surface area contributed by atoms with Gasteiger partial charge in [-0.05, 0) is 49.9 Å². The monoisotopic (exact) mass is 487 g/mol. The van der Waals surface area contributed by atoms with Crippen molar-refractivity contribution in [1.29, 1.82) is 0 Å². The number of hydrogen-bond donors (Lipinski definition) is 0. The highest BCUT2D eigenvalue weighted by atomic mass is 19.4. The predicted molar refractivity (Wildman–Crippen MR) is 124 cm³/mol. The zero-order valence-corrected chi connectivity index (χ0v) is 20.1. The SMILES string of the molecule is CCC(C1CC(C)CN1C(=O)c1nc(C)ccc1-n1nccn1)N(C)c1ccc(C(F)(F)F)cn1. The summed E-state index contributed by atoms with van der Waals surface area (Å²) >= 11 is 0. The first-order valence-corrected chi connectivity index (χ1v) is 11.5. The largest absolute Gasteiger partial charge is 0.417 e. The number of likely N-dealkylation sites (N-methyl/N-ethyl adjacent to an activating group) is 1. The van der Waals surface area contributed by atoms with Crippen molar-refractivity contribution in [2.24, 2.45) is 5.92 Å². The zero-order chi connectivity index (χ0) is 25.3. The second-order valence-electron chi connectivity index (χ2n) is 8.99. The number of alkyl halides is 3. The van der Waals surface area contributed by atoms with Crippen molar-refractivity contribution < 1.29 is 18.0 Å². The van der Waals surface area contributed by atoms with Crippen molar-refractivity contribution >= 4 is 11.7 Å². The van der Waals surface area contributed by atoms with Crippen molar-refractivity contribution in [3.8, 4) is 5.69 Å². The number of likely N-dealkylation sites (tertiary alicyclic amines) is 1. The van der Waals surface area contributed by atoms with E-state index in [1.807, 2.05) is 23.6 Å². The number of amides is 1. The molecule has 1 saturated heterocycles. The van der Waals surface area contributed by atoms with Crippen LogP contribution in [0.1, 0.15) is 48.4 Å². The minimum absolute atomic E-state index is 0.149. The summed E-state index contributed by atoms with van der Waals surface area (Å²) in [6, 6.07) is 5.67. The second kappa shape index (κ2) is 9.63. The van der Waals surface area contributed by atoms with Crippen molar-refractivity contribution in [3.63, 3.8) is 0 Å². The van der Waals surface area contributed by atoms with Crippen LogP contribution in [0.25, 0.3) is 5.69 Å². The van der Waals surface area contributed by atoms with Gasteiger partial charge in [-0.15, -0.1) is 4.80 Å². The normalized spacial score (nSPS) is 19.1. The topological polar surface area (TPSA) is 80.0 Å². The maximum atomic E-state index is 13.8. The molecule has 186 valence electrons. The number of rotatable bonds is 6. The third-order valence-electron chi connectivity index (χ3n) is 6.46. The first-order valence-electron chi connectivity index (χ1n) is 11.5. The third-order valence-corrected chi connectivity index (χ3v) is 6.46. The first kappa shape index (κ1) is 24.6. The number of halogens is 3. The van der Waals surface area contributed by atoms with E-state index in [4.69, 9.17) is 0 Å². The number of aromatic nitrogens is 5. The lowest BCUT2D eigenvalue weighted by Gasteiger charge is -2.37. The molecular formula is C24H28F3N7O. The van der Waals surface area contributed by atoms with Crippen molar-refractivity contribution in [2.75, 3.05) is 18.5 Å². The fraction of sp³-hybridized carbons (Fsp3) is 0.458. The Balaban J connectivity index is 1.64. The van der Waals surface area contributed by atoms with Crippen LogP contribution in [-0.2, 0) is 6.18 Å². The third kappa shape index (κ3) is 4.98. The van der Waals surface area contributed by atoms with Gasteiger partial charge in [0.25, 0.3) is 5.91 Å². The van der Waals surface area contributed by atoms with Gasteiger partial charge in [-0.2, -0.15) is 23.4 Å². The van der Waals surface area contributed by atoms with E-state index in [-0.39, 0.29) is 29.6 Å². The van der Waals surface area contributed by atoms with E-state index in [1.165, 1.54) is 23.3 Å². The molecule has 0 N–H and O–H groups in total. The molecule has 11 heteroatoms. The van der Waals surface area contributed by atoms with Gasteiger partial charge in [0.1, 0.15) is 11.5 Å². The van der Waals surface area contributed by atoms with E-state index in [2.05, 4.69) is 27.1 Å². The standard InChI is InChI=1S/C24H28F3N7O/c1-5-18(32(4)21-9-7-17(13-28-21)24(25,26)27)20-12-15(2)14-33(20)23(35)22-19(8-6-16(3)31-22)34-29-10-11-30-34/h6-11,13,15,18,20H,5,12,14H2,1-4H3. The molecule has 1 aliphatic heterocycles. The highest BCUT2D eigenvalue weighted by Crippen LogP contribution is 2.33. The Kier molecular flexibility index (Phi) is 6.77. The van der Waals surface area contributed by atoms with Gasteiger partial charge in [0.15, 0.2) is 5.69 Å². The van der Waals surface area contributed by atoms with Gasteiger partial charge in [-0.25, -0.2) is 9.97 Å². The molecule has 1 aliphatic rings. The second-order valence-corrected chi connectivity index (χ2v) is 8.99. The predicted octanol–water partition coefficient (Wildman–Crippen LogP) is 4.15. The molecule has 4 heterocycles. The summed E-state index contributed by atoms with van der Waals surface area (Å²) in [4.78, 5) is 27.5. The minimum Gasteiger partial charge on any atom is -0.355 e. The summed E-state index contributed by atoms with van der Waals surface area (Å²) in [5.41, 5.74) is 0.672. The quantitative estimate of drug-likeness (QED) is 0.520. The van der Waals surface area contributed by atoms with Crippen LogP contribution in [0.2, 0.25) is 0 Å². The summed E-state index contributed by atoms with van der Waals surface area (Å²) in [5.74, 6) is 0.456. The molecule has 1 fully saturated rings. The Morgan fingerprint density at radius 2 is 1.91 bits per heavy atom. The maximum Gasteiger partial charge on any atom is 0.417 e. The molecule has 3 aromatic heterocycles. The van der Waals surface area contributed by atoms with E-state index < -0.39 is 11.7 Å². The number of carbonyl (C=O) groups excluding carboxylic acids is 1. The lowest BCUT2D eigenvalue weighted by atomic mass is 9.98. The highest BCUT2D eigenvalue weighted by molar-refractivity contribution is 5.96. The fourth-order valence-corrected chi connectivity index (χ4v) is 4.76. The molecule has 3 unspecified atom stereocenters. The molecule has 3 atom stereocenters. The van der Waals surface area contributed by atoms with Gasteiger partial charge in [0.05, 0.1) is 30.0 Å². The van der Waals surface area contributed by atoms with E-state index >= 15 is 0 Å². The Bertz CT molecular complexity index is 1160. The number of nitrogens with zero attached hydrogens (tertiary/aromatic N) is 7. The molecule has 8 nitrogen and oxygen atoms in total. The molecule has 0 spiro atoms. The number of aryl methyl sites for hydroxylation is 1. The van der Waals surface area contributed by atoms with Crippen LogP contribution in [0.3, 0.4) is 0 Å². The fourth-order valence-electron chi connectivity index (χ4n) is 4.76. The summed E-state index contributed by atoms with van der Waals surface area (Å²) in [6.45, 7) is 6.46. The van der Waals surface area contributed by atoms with Crippen LogP contribution in [0.5, 0.6) is 0 Å². The van der Waals surface area contributed by atoms with E-state index in [9.17, 15) is 18.0 Å². The molecule has 3 aromatic rings. The molecule has 0 bridgehead atoms. The Labute approximate surface area is 201 Å². The van der Waals surface area contributed by atoms with Crippen LogP contribution in [0, 0.1) is 12.8 Å². The first-order chi connectivity index (χ1) is 16.6. The summed E-state index contributed by atoms with van der Waals surface area (Å²) in [7, 11) is 1.80. The van der Waals surface area contributed by atoms with E-state index in [0.29, 0.717) is 30.2 Å². The maximum absolute atomic E-state index is 13.8. The average Bonchev–Trinajstić information content (AvgIpc) is 3.49. The zero-order valence-electron chi connectivity index (χ0n) is 20.1. The number of pyridine rings is 2.